The topological polar surface area (TPSA) is 42.2 Å². The molecule has 0 spiro atoms. The molecule has 0 radical (unpaired) electrons. The van der Waals surface area contributed by atoms with Gasteiger partial charge in [-0.3, -0.25) is 4.40 Å². The summed E-state index contributed by atoms with van der Waals surface area (Å²) in [7, 11) is 0. The highest BCUT2D eigenvalue weighted by Gasteiger charge is 2.14. The molecule has 3 heterocycles. The molecule has 0 atom stereocenters. The maximum absolute atomic E-state index is 4.69. The van der Waals surface area contributed by atoms with E-state index in [1.807, 2.05) is 48.8 Å². The molecule has 0 unspecified atom stereocenters. The number of benzene rings is 1. The molecule has 104 valence electrons. The SMILES string of the molecule is Cc1nc2sccn2c1-c1csc(Nc2ccccc2)n1. The van der Waals surface area contributed by atoms with Crippen LogP contribution in [0.4, 0.5) is 10.8 Å². The van der Waals surface area contributed by atoms with E-state index in [1.54, 1.807) is 22.7 Å². The van der Waals surface area contributed by atoms with E-state index in [9.17, 15) is 0 Å². The molecule has 4 nitrogen and oxygen atoms in total. The van der Waals surface area contributed by atoms with Gasteiger partial charge in [0.2, 0.25) is 0 Å². The number of imidazole rings is 1. The first-order chi connectivity index (χ1) is 10.3. The van der Waals surface area contributed by atoms with Gasteiger partial charge >= 0.3 is 0 Å². The fraction of sp³-hybridized carbons (Fsp3) is 0.0667. The number of nitrogens with zero attached hydrogens (tertiary/aromatic N) is 3. The average Bonchev–Trinajstić information content (AvgIpc) is 3.16. The number of fused-ring (bicyclic) bond motifs is 1. The number of para-hydroxylation sites is 1. The first-order valence-electron chi connectivity index (χ1n) is 6.51. The van der Waals surface area contributed by atoms with Crippen LogP contribution in [-0.2, 0) is 0 Å². The zero-order chi connectivity index (χ0) is 14.2. The zero-order valence-electron chi connectivity index (χ0n) is 11.3. The molecule has 4 rings (SSSR count). The standard InChI is InChI=1S/C15H12N4S2/c1-10-13(19-7-8-20-15(19)16-10)12-9-21-14(18-12)17-11-5-3-2-4-6-11/h2-9H,1H3,(H,17,18). The van der Waals surface area contributed by atoms with Crippen molar-refractivity contribution in [2.75, 3.05) is 5.32 Å². The number of thiazole rings is 2. The lowest BCUT2D eigenvalue weighted by Crippen LogP contribution is -1.90. The lowest BCUT2D eigenvalue weighted by Gasteiger charge is -2.01. The Balaban J connectivity index is 1.71. The van der Waals surface area contributed by atoms with Gasteiger partial charge in [0, 0.05) is 22.6 Å². The third kappa shape index (κ3) is 2.22. The van der Waals surface area contributed by atoms with E-state index in [0.717, 1.165) is 32.9 Å². The fourth-order valence-corrected chi connectivity index (χ4v) is 3.76. The van der Waals surface area contributed by atoms with Crippen molar-refractivity contribution in [1.82, 2.24) is 14.4 Å². The Labute approximate surface area is 129 Å². The first-order valence-corrected chi connectivity index (χ1v) is 8.27. The molecule has 4 aromatic rings. The van der Waals surface area contributed by atoms with Crippen molar-refractivity contribution in [2.45, 2.75) is 6.92 Å². The predicted octanol–water partition coefficient (Wildman–Crippen LogP) is 4.57. The van der Waals surface area contributed by atoms with Gasteiger partial charge in [0.15, 0.2) is 10.1 Å². The number of nitrogens with one attached hydrogen (secondary N) is 1. The Morgan fingerprint density at radius 3 is 2.81 bits per heavy atom. The molecule has 0 fully saturated rings. The summed E-state index contributed by atoms with van der Waals surface area (Å²) in [5, 5.41) is 8.33. The van der Waals surface area contributed by atoms with Gasteiger partial charge in [0.25, 0.3) is 0 Å². The van der Waals surface area contributed by atoms with Crippen LogP contribution in [-0.4, -0.2) is 14.4 Å². The van der Waals surface area contributed by atoms with E-state index >= 15 is 0 Å². The van der Waals surface area contributed by atoms with Crippen LogP contribution in [0.3, 0.4) is 0 Å². The highest BCUT2D eigenvalue weighted by atomic mass is 32.1. The number of aryl methyl sites for hydroxylation is 1. The number of hydrogen-bond acceptors (Lipinski definition) is 5. The fourth-order valence-electron chi connectivity index (χ4n) is 2.29. The van der Waals surface area contributed by atoms with Gasteiger partial charge in [-0.25, -0.2) is 9.97 Å². The number of anilines is 2. The largest absolute Gasteiger partial charge is 0.332 e. The van der Waals surface area contributed by atoms with Crippen LogP contribution in [0, 0.1) is 6.92 Å². The maximum Gasteiger partial charge on any atom is 0.194 e. The molecule has 6 heteroatoms. The third-order valence-electron chi connectivity index (χ3n) is 3.21. The molecule has 0 amide bonds. The Morgan fingerprint density at radius 2 is 1.95 bits per heavy atom. The highest BCUT2D eigenvalue weighted by molar-refractivity contribution is 7.15. The monoisotopic (exact) mass is 312 g/mol. The van der Waals surface area contributed by atoms with Crippen molar-refractivity contribution in [3.63, 3.8) is 0 Å². The molecule has 0 bridgehead atoms. The summed E-state index contributed by atoms with van der Waals surface area (Å²) >= 11 is 3.24. The molecule has 0 aliphatic rings. The molecule has 21 heavy (non-hydrogen) atoms. The minimum absolute atomic E-state index is 0.890. The minimum Gasteiger partial charge on any atom is -0.332 e. The number of hydrogen-bond donors (Lipinski definition) is 1. The quantitative estimate of drug-likeness (QED) is 0.602. The van der Waals surface area contributed by atoms with Gasteiger partial charge in [-0.1, -0.05) is 18.2 Å². The first kappa shape index (κ1) is 12.6. The maximum atomic E-state index is 4.69. The van der Waals surface area contributed by atoms with Crippen molar-refractivity contribution in [1.29, 1.82) is 0 Å². The van der Waals surface area contributed by atoms with Gasteiger partial charge in [-0.05, 0) is 19.1 Å². The van der Waals surface area contributed by atoms with Crippen LogP contribution in [0.5, 0.6) is 0 Å². The smallest absolute Gasteiger partial charge is 0.194 e. The van der Waals surface area contributed by atoms with Crippen LogP contribution in [0.25, 0.3) is 16.3 Å². The summed E-state index contributed by atoms with van der Waals surface area (Å²) in [5.41, 5.74) is 4.09. The van der Waals surface area contributed by atoms with Gasteiger partial charge in [-0.2, -0.15) is 0 Å². The lowest BCUT2D eigenvalue weighted by atomic mass is 10.3. The minimum atomic E-state index is 0.890. The van der Waals surface area contributed by atoms with E-state index in [-0.39, 0.29) is 0 Å². The number of rotatable bonds is 3. The Bertz CT molecular complexity index is 889. The molecule has 1 aromatic carbocycles. The Morgan fingerprint density at radius 1 is 1.10 bits per heavy atom. The number of aromatic nitrogens is 3. The molecular weight excluding hydrogens is 300 g/mol. The molecule has 0 saturated carbocycles. The second kappa shape index (κ2) is 4.98. The summed E-state index contributed by atoms with van der Waals surface area (Å²) in [6.07, 6.45) is 2.04. The van der Waals surface area contributed by atoms with E-state index < -0.39 is 0 Å². The normalized spacial score (nSPS) is 11.1. The molecular formula is C15H12N4S2. The van der Waals surface area contributed by atoms with Crippen molar-refractivity contribution in [3.8, 4) is 11.4 Å². The summed E-state index contributed by atoms with van der Waals surface area (Å²) in [4.78, 5) is 10.3. The van der Waals surface area contributed by atoms with Crippen molar-refractivity contribution < 1.29 is 0 Å². The van der Waals surface area contributed by atoms with E-state index in [4.69, 9.17) is 0 Å². The molecule has 1 N–H and O–H groups in total. The molecule has 0 saturated heterocycles. The van der Waals surface area contributed by atoms with Gasteiger partial charge < -0.3 is 5.32 Å². The third-order valence-corrected chi connectivity index (χ3v) is 4.72. The lowest BCUT2D eigenvalue weighted by molar-refractivity contribution is 1.20. The summed E-state index contributed by atoms with van der Waals surface area (Å²) in [6, 6.07) is 10.1. The van der Waals surface area contributed by atoms with Crippen LogP contribution < -0.4 is 5.32 Å². The average molecular weight is 312 g/mol. The Kier molecular flexibility index (Phi) is 2.98. The van der Waals surface area contributed by atoms with Crippen molar-refractivity contribution >= 4 is 38.5 Å². The second-order valence-corrected chi connectivity index (χ2v) is 6.36. The summed E-state index contributed by atoms with van der Waals surface area (Å²) < 4.78 is 2.10. The highest BCUT2D eigenvalue weighted by Crippen LogP contribution is 2.30. The van der Waals surface area contributed by atoms with Gasteiger partial charge in [0.05, 0.1) is 11.4 Å². The summed E-state index contributed by atoms with van der Waals surface area (Å²) in [6.45, 7) is 2.03. The summed E-state index contributed by atoms with van der Waals surface area (Å²) in [5.74, 6) is 0. The second-order valence-electron chi connectivity index (χ2n) is 4.63. The van der Waals surface area contributed by atoms with Crippen LogP contribution >= 0.6 is 22.7 Å². The van der Waals surface area contributed by atoms with Gasteiger partial charge in [0.1, 0.15) is 5.69 Å². The van der Waals surface area contributed by atoms with Gasteiger partial charge in [-0.15, -0.1) is 22.7 Å². The predicted molar refractivity (Wildman–Crippen MR) is 88.6 cm³/mol. The van der Waals surface area contributed by atoms with E-state index in [2.05, 4.69) is 25.1 Å². The Hall–Kier alpha value is -2.18. The molecule has 0 aliphatic heterocycles. The van der Waals surface area contributed by atoms with E-state index in [1.165, 1.54) is 0 Å². The van der Waals surface area contributed by atoms with E-state index in [0.29, 0.717) is 0 Å². The van der Waals surface area contributed by atoms with Crippen molar-refractivity contribution in [2.24, 2.45) is 0 Å². The van der Waals surface area contributed by atoms with Crippen molar-refractivity contribution in [3.05, 3.63) is 53.0 Å². The van der Waals surface area contributed by atoms with Crippen LogP contribution in [0.2, 0.25) is 0 Å². The zero-order valence-corrected chi connectivity index (χ0v) is 12.9. The molecule has 0 aliphatic carbocycles. The van der Waals surface area contributed by atoms with Crippen LogP contribution in [0.15, 0.2) is 47.3 Å². The van der Waals surface area contributed by atoms with Crippen LogP contribution in [0.1, 0.15) is 5.69 Å². The molecule has 3 aromatic heterocycles.